The van der Waals surface area contributed by atoms with Gasteiger partial charge in [-0.3, -0.25) is 9.59 Å². The van der Waals surface area contributed by atoms with Gasteiger partial charge < -0.3 is 15.4 Å². The van der Waals surface area contributed by atoms with E-state index in [0.29, 0.717) is 5.56 Å². The molecule has 2 unspecified atom stereocenters. The van der Waals surface area contributed by atoms with Crippen LogP contribution in [-0.4, -0.2) is 25.0 Å². The zero-order valence-corrected chi connectivity index (χ0v) is 18.6. The molecule has 0 aromatic heterocycles. The number of carbonyl (C=O) groups is 2. The lowest BCUT2D eigenvalue weighted by Gasteiger charge is -2.21. The first kappa shape index (κ1) is 23.1. The maximum Gasteiger partial charge on any atom is 0.251 e. The zero-order valence-electron chi connectivity index (χ0n) is 18.6. The summed E-state index contributed by atoms with van der Waals surface area (Å²) in [6.45, 7) is 2.00. The third-order valence-corrected chi connectivity index (χ3v) is 5.37. The second kappa shape index (κ2) is 11.7. The Kier molecular flexibility index (Phi) is 8.44. The molecule has 2 atom stereocenters. The first-order chi connectivity index (χ1) is 15.5. The fraction of sp³-hybridized carbons (Fsp3) is 0.259. The first-order valence-corrected chi connectivity index (χ1v) is 10.9. The van der Waals surface area contributed by atoms with E-state index < -0.39 is 6.04 Å². The van der Waals surface area contributed by atoms with Crippen molar-refractivity contribution in [3.05, 3.63) is 102 Å². The highest BCUT2D eigenvalue weighted by Gasteiger charge is 2.20. The minimum atomic E-state index is -0.405. The van der Waals surface area contributed by atoms with E-state index in [2.05, 4.69) is 10.6 Å². The molecule has 2 amide bonds. The molecule has 0 radical (unpaired) electrons. The summed E-state index contributed by atoms with van der Waals surface area (Å²) >= 11 is 0. The van der Waals surface area contributed by atoms with E-state index in [1.54, 1.807) is 19.2 Å². The number of aryl methyl sites for hydroxylation is 1. The van der Waals surface area contributed by atoms with Gasteiger partial charge in [-0.2, -0.15) is 0 Å². The Hall–Kier alpha value is -3.60. The minimum Gasteiger partial charge on any atom is -0.497 e. The topological polar surface area (TPSA) is 67.4 Å². The lowest BCUT2D eigenvalue weighted by atomic mass is 10.0. The van der Waals surface area contributed by atoms with Crippen molar-refractivity contribution in [2.45, 2.75) is 38.3 Å². The Morgan fingerprint density at radius 1 is 0.844 bits per heavy atom. The summed E-state index contributed by atoms with van der Waals surface area (Å²) in [6, 6.07) is 26.2. The highest BCUT2D eigenvalue weighted by molar-refractivity contribution is 5.94. The van der Waals surface area contributed by atoms with E-state index in [1.165, 1.54) is 5.56 Å². The Balaban J connectivity index is 1.57. The fourth-order valence-corrected chi connectivity index (χ4v) is 3.54. The van der Waals surface area contributed by atoms with E-state index in [4.69, 9.17) is 4.74 Å². The van der Waals surface area contributed by atoms with Crippen molar-refractivity contribution < 1.29 is 14.3 Å². The van der Waals surface area contributed by atoms with Crippen LogP contribution in [0.2, 0.25) is 0 Å². The standard InChI is InChI=1S/C27H30N2O3/c1-20(13-14-21-15-17-24(32-2)18-16-21)28-26(30)19-25(22-9-5-3-6-10-22)29-27(31)23-11-7-4-8-12-23/h3-12,15-18,20,25H,13-14,19H2,1-2H3,(H,28,30)(H,29,31). The first-order valence-electron chi connectivity index (χ1n) is 10.9. The van der Waals surface area contributed by atoms with Crippen molar-refractivity contribution in [3.63, 3.8) is 0 Å². The largest absolute Gasteiger partial charge is 0.497 e. The molecule has 0 aliphatic carbocycles. The van der Waals surface area contributed by atoms with Crippen LogP contribution in [0.15, 0.2) is 84.9 Å². The molecule has 0 heterocycles. The number of hydrogen-bond donors (Lipinski definition) is 2. The van der Waals surface area contributed by atoms with Gasteiger partial charge in [0, 0.05) is 11.6 Å². The summed E-state index contributed by atoms with van der Waals surface area (Å²) in [7, 11) is 1.65. The van der Waals surface area contributed by atoms with E-state index >= 15 is 0 Å². The van der Waals surface area contributed by atoms with Crippen molar-refractivity contribution >= 4 is 11.8 Å². The number of carbonyl (C=O) groups excluding carboxylic acids is 2. The summed E-state index contributed by atoms with van der Waals surface area (Å²) in [5.74, 6) is 0.550. The average Bonchev–Trinajstić information content (AvgIpc) is 2.83. The molecule has 2 N–H and O–H groups in total. The van der Waals surface area contributed by atoms with Crippen molar-refractivity contribution in [1.82, 2.24) is 10.6 Å². The summed E-state index contributed by atoms with van der Waals surface area (Å²) in [4.78, 5) is 25.5. The maximum atomic E-state index is 12.8. The molecule has 3 aromatic rings. The molecule has 5 nitrogen and oxygen atoms in total. The Morgan fingerprint density at radius 3 is 2.09 bits per heavy atom. The zero-order chi connectivity index (χ0) is 22.8. The van der Waals surface area contributed by atoms with Gasteiger partial charge >= 0.3 is 0 Å². The molecule has 0 saturated carbocycles. The van der Waals surface area contributed by atoms with Crippen molar-refractivity contribution in [1.29, 1.82) is 0 Å². The van der Waals surface area contributed by atoms with E-state index in [0.717, 1.165) is 24.2 Å². The monoisotopic (exact) mass is 430 g/mol. The Labute approximate surface area is 189 Å². The van der Waals surface area contributed by atoms with E-state index in [-0.39, 0.29) is 24.3 Å². The van der Waals surface area contributed by atoms with Crippen LogP contribution in [0.25, 0.3) is 0 Å². The van der Waals surface area contributed by atoms with Crippen LogP contribution in [-0.2, 0) is 11.2 Å². The fourth-order valence-electron chi connectivity index (χ4n) is 3.54. The lowest BCUT2D eigenvalue weighted by Crippen LogP contribution is -2.37. The third-order valence-electron chi connectivity index (χ3n) is 5.37. The SMILES string of the molecule is COc1ccc(CCC(C)NC(=O)CC(NC(=O)c2ccccc2)c2ccccc2)cc1. The van der Waals surface area contributed by atoms with Crippen molar-refractivity contribution in [2.24, 2.45) is 0 Å². The van der Waals surface area contributed by atoms with Gasteiger partial charge in [-0.1, -0.05) is 60.7 Å². The van der Waals surface area contributed by atoms with Gasteiger partial charge in [0.05, 0.1) is 19.6 Å². The summed E-state index contributed by atoms with van der Waals surface area (Å²) in [5.41, 5.74) is 2.67. The number of methoxy groups -OCH3 is 1. The van der Waals surface area contributed by atoms with Crippen molar-refractivity contribution in [2.75, 3.05) is 7.11 Å². The van der Waals surface area contributed by atoms with Gasteiger partial charge in [-0.25, -0.2) is 0 Å². The minimum absolute atomic E-state index is 0.0193. The predicted molar refractivity (Wildman–Crippen MR) is 127 cm³/mol. The number of hydrogen-bond acceptors (Lipinski definition) is 3. The van der Waals surface area contributed by atoms with Gasteiger partial charge in [-0.05, 0) is 55.2 Å². The molecule has 0 spiro atoms. The highest BCUT2D eigenvalue weighted by Crippen LogP contribution is 2.18. The van der Waals surface area contributed by atoms with Crippen LogP contribution in [0.3, 0.4) is 0 Å². The Morgan fingerprint density at radius 2 is 1.47 bits per heavy atom. The number of ether oxygens (including phenoxy) is 1. The number of benzene rings is 3. The summed E-state index contributed by atoms with van der Waals surface area (Å²) in [6.07, 6.45) is 1.86. The number of rotatable bonds is 10. The molecule has 0 bridgehead atoms. The normalized spacial score (nSPS) is 12.4. The quantitative estimate of drug-likeness (QED) is 0.490. The molecule has 0 aliphatic heterocycles. The molecule has 0 fully saturated rings. The summed E-state index contributed by atoms with van der Waals surface area (Å²) in [5, 5.41) is 6.08. The second-order valence-corrected chi connectivity index (χ2v) is 7.86. The van der Waals surface area contributed by atoms with Gasteiger partial charge in [0.1, 0.15) is 5.75 Å². The number of nitrogens with one attached hydrogen (secondary N) is 2. The van der Waals surface area contributed by atoms with Crippen LogP contribution in [0.5, 0.6) is 5.75 Å². The van der Waals surface area contributed by atoms with Gasteiger partial charge in [0.2, 0.25) is 5.91 Å². The van der Waals surface area contributed by atoms with Crippen LogP contribution in [0, 0.1) is 0 Å². The molecular weight excluding hydrogens is 400 g/mol. The van der Waals surface area contributed by atoms with E-state index in [1.807, 2.05) is 79.7 Å². The molecule has 0 saturated heterocycles. The predicted octanol–water partition coefficient (Wildman–Crippen LogP) is 4.69. The third kappa shape index (κ3) is 6.98. The molecule has 3 aromatic carbocycles. The van der Waals surface area contributed by atoms with E-state index in [9.17, 15) is 9.59 Å². The van der Waals surface area contributed by atoms with Gasteiger partial charge in [-0.15, -0.1) is 0 Å². The van der Waals surface area contributed by atoms with Crippen LogP contribution >= 0.6 is 0 Å². The maximum absolute atomic E-state index is 12.8. The van der Waals surface area contributed by atoms with Gasteiger partial charge in [0.25, 0.3) is 5.91 Å². The molecule has 166 valence electrons. The molecule has 0 aliphatic rings. The highest BCUT2D eigenvalue weighted by atomic mass is 16.5. The molecule has 32 heavy (non-hydrogen) atoms. The number of amides is 2. The Bertz CT molecular complexity index is 988. The summed E-state index contributed by atoms with van der Waals surface area (Å²) < 4.78 is 5.19. The van der Waals surface area contributed by atoms with Crippen molar-refractivity contribution in [3.8, 4) is 5.75 Å². The smallest absolute Gasteiger partial charge is 0.251 e. The van der Waals surface area contributed by atoms with Crippen LogP contribution in [0.1, 0.15) is 47.3 Å². The van der Waals surface area contributed by atoms with Crippen LogP contribution < -0.4 is 15.4 Å². The average molecular weight is 431 g/mol. The second-order valence-electron chi connectivity index (χ2n) is 7.86. The lowest BCUT2D eigenvalue weighted by molar-refractivity contribution is -0.122. The molecule has 3 rings (SSSR count). The van der Waals surface area contributed by atoms with Crippen LogP contribution in [0.4, 0.5) is 0 Å². The molecule has 5 heteroatoms. The molecular formula is C27H30N2O3. The van der Waals surface area contributed by atoms with Gasteiger partial charge in [0.15, 0.2) is 0 Å².